The molecule has 42 heavy (non-hydrogen) atoms. The number of fused-ring (bicyclic) bond motifs is 2. The summed E-state index contributed by atoms with van der Waals surface area (Å²) >= 11 is 6.48. The first-order chi connectivity index (χ1) is 20.4. The van der Waals surface area contributed by atoms with Crippen LogP contribution in [-0.2, 0) is 9.53 Å². The number of anilines is 3. The molecule has 0 radical (unpaired) electrons. The molecule has 1 atom stereocenters. The van der Waals surface area contributed by atoms with Crippen molar-refractivity contribution in [2.75, 3.05) is 43.6 Å². The molecule has 1 saturated heterocycles. The van der Waals surface area contributed by atoms with E-state index in [4.69, 9.17) is 26.1 Å². The van der Waals surface area contributed by atoms with E-state index in [1.807, 2.05) is 12.1 Å². The Kier molecular flexibility index (Phi) is 7.50. The van der Waals surface area contributed by atoms with Gasteiger partial charge in [-0.1, -0.05) is 18.2 Å². The van der Waals surface area contributed by atoms with Gasteiger partial charge in [-0.25, -0.2) is 28.8 Å². The summed E-state index contributed by atoms with van der Waals surface area (Å²) in [6, 6.07) is 9.46. The van der Waals surface area contributed by atoms with Crippen LogP contribution in [0, 0.1) is 5.82 Å². The van der Waals surface area contributed by atoms with Gasteiger partial charge in [0.1, 0.15) is 41.3 Å². The molecule has 214 valence electrons. The van der Waals surface area contributed by atoms with Gasteiger partial charge in [0.15, 0.2) is 11.5 Å². The molecule has 1 aliphatic heterocycles. The van der Waals surface area contributed by atoms with E-state index in [2.05, 4.69) is 36.8 Å². The molecule has 14 heteroatoms. The van der Waals surface area contributed by atoms with Gasteiger partial charge in [0.2, 0.25) is 5.91 Å². The summed E-state index contributed by atoms with van der Waals surface area (Å²) in [5.74, 6) is 0.785. The first kappa shape index (κ1) is 27.3. The van der Waals surface area contributed by atoms with Crippen molar-refractivity contribution in [1.29, 1.82) is 0 Å². The second kappa shape index (κ2) is 11.5. The lowest BCUT2D eigenvalue weighted by Gasteiger charge is -2.41. The monoisotopic (exact) mass is 589 g/mol. The Labute approximate surface area is 244 Å². The molecule has 12 nitrogen and oxygen atoms in total. The average Bonchev–Trinajstić information content (AvgIpc) is 3.47. The average molecular weight is 590 g/mol. The van der Waals surface area contributed by atoms with Gasteiger partial charge in [0.05, 0.1) is 28.9 Å². The minimum atomic E-state index is -0.605. The third kappa shape index (κ3) is 5.39. The lowest BCUT2D eigenvalue weighted by atomic mass is 10.1. The molecule has 6 rings (SSSR count). The Morgan fingerprint density at radius 2 is 2.07 bits per heavy atom. The minimum absolute atomic E-state index is 0.0872. The lowest BCUT2D eigenvalue weighted by Crippen LogP contribution is -2.56. The minimum Gasteiger partial charge on any atom is -0.455 e. The normalized spacial score (nSPS) is 15.3. The number of piperazine rings is 1. The topological polar surface area (TPSA) is 123 Å². The third-order valence-corrected chi connectivity index (χ3v) is 7.14. The number of benzene rings is 1. The maximum Gasteiger partial charge on any atom is 0.246 e. The predicted molar refractivity (Wildman–Crippen MR) is 155 cm³/mol. The number of halogens is 2. The highest BCUT2D eigenvalue weighted by Crippen LogP contribution is 2.35. The van der Waals surface area contributed by atoms with E-state index in [1.165, 1.54) is 30.9 Å². The van der Waals surface area contributed by atoms with Crippen molar-refractivity contribution in [1.82, 2.24) is 34.4 Å². The van der Waals surface area contributed by atoms with Crippen molar-refractivity contribution in [2.24, 2.45) is 0 Å². The molecule has 1 aromatic carbocycles. The second-order valence-corrected chi connectivity index (χ2v) is 9.87. The number of carbonyl (C=O) groups is 1. The quantitative estimate of drug-likeness (QED) is 0.263. The number of pyridine rings is 2. The zero-order chi connectivity index (χ0) is 29.2. The molecule has 0 bridgehead atoms. The number of nitrogens with zero attached hydrogens (tertiary/aromatic N) is 8. The van der Waals surface area contributed by atoms with Crippen molar-refractivity contribution in [2.45, 2.75) is 6.04 Å². The third-order valence-electron chi connectivity index (χ3n) is 6.85. The summed E-state index contributed by atoms with van der Waals surface area (Å²) in [5.41, 5.74) is 1.68. The molecule has 0 unspecified atom stereocenters. The van der Waals surface area contributed by atoms with Crippen LogP contribution in [0.2, 0.25) is 5.02 Å². The number of hydrogen-bond donors (Lipinski definition) is 1. The van der Waals surface area contributed by atoms with Crippen molar-refractivity contribution in [3.05, 3.63) is 78.7 Å². The van der Waals surface area contributed by atoms with Gasteiger partial charge in [-0.15, -0.1) is 0 Å². The fourth-order valence-corrected chi connectivity index (χ4v) is 5.02. The van der Waals surface area contributed by atoms with Gasteiger partial charge >= 0.3 is 0 Å². The summed E-state index contributed by atoms with van der Waals surface area (Å²) in [5, 5.41) is 7.23. The summed E-state index contributed by atoms with van der Waals surface area (Å²) in [6.07, 6.45) is 5.78. The molecule has 0 aliphatic carbocycles. The van der Waals surface area contributed by atoms with E-state index in [0.29, 0.717) is 60.3 Å². The van der Waals surface area contributed by atoms with Crippen LogP contribution in [0.3, 0.4) is 0 Å². The molecule has 0 saturated carbocycles. The van der Waals surface area contributed by atoms with Crippen molar-refractivity contribution < 1.29 is 18.7 Å². The number of aromatic nitrogens is 6. The Morgan fingerprint density at radius 3 is 2.90 bits per heavy atom. The highest BCUT2D eigenvalue weighted by Gasteiger charge is 2.30. The van der Waals surface area contributed by atoms with Gasteiger partial charge in [-0.3, -0.25) is 4.79 Å². The van der Waals surface area contributed by atoms with Gasteiger partial charge in [0, 0.05) is 45.1 Å². The molecule has 4 aromatic heterocycles. The highest BCUT2D eigenvalue weighted by atomic mass is 35.5. The number of hydrogen-bond acceptors (Lipinski definition) is 10. The van der Waals surface area contributed by atoms with E-state index < -0.39 is 5.82 Å². The first-order valence-electron chi connectivity index (χ1n) is 13.0. The van der Waals surface area contributed by atoms with Crippen LogP contribution >= 0.6 is 11.6 Å². The largest absolute Gasteiger partial charge is 0.455 e. The Balaban J connectivity index is 1.25. The number of carbonyl (C=O) groups excluding carboxylic acids is 1. The van der Waals surface area contributed by atoms with Crippen LogP contribution in [0.1, 0.15) is 0 Å². The lowest BCUT2D eigenvalue weighted by molar-refractivity contribution is -0.129. The fourth-order valence-electron chi connectivity index (χ4n) is 4.82. The van der Waals surface area contributed by atoms with Gasteiger partial charge < -0.3 is 24.6 Å². The summed E-state index contributed by atoms with van der Waals surface area (Å²) in [6.45, 7) is 5.53. The number of amides is 1. The smallest absolute Gasteiger partial charge is 0.246 e. The van der Waals surface area contributed by atoms with Crippen LogP contribution in [0.25, 0.3) is 16.7 Å². The Bertz CT molecular complexity index is 1800. The molecular weight excluding hydrogens is 565 g/mol. The maximum atomic E-state index is 15.3. The molecule has 1 aliphatic rings. The number of ether oxygens (including phenoxy) is 2. The van der Waals surface area contributed by atoms with E-state index in [0.717, 1.165) is 0 Å². The predicted octanol–water partition coefficient (Wildman–Crippen LogP) is 4.25. The van der Waals surface area contributed by atoms with Crippen molar-refractivity contribution in [3.8, 4) is 11.5 Å². The van der Waals surface area contributed by atoms with Crippen LogP contribution in [0.15, 0.2) is 67.9 Å². The van der Waals surface area contributed by atoms with E-state index in [9.17, 15) is 4.79 Å². The van der Waals surface area contributed by atoms with Gasteiger partial charge in [-0.2, -0.15) is 5.10 Å². The van der Waals surface area contributed by atoms with E-state index >= 15 is 4.39 Å². The van der Waals surface area contributed by atoms with Crippen LogP contribution in [0.4, 0.5) is 21.7 Å². The standard InChI is InChI=1S/C28H25ClFN9O3/c1-3-26(40)38-9-8-37(13-17(38)14-41-2)24-5-4-21-27(36-24)28(33-15-31-21)35-22-11-19(29)23(12-20(22)30)42-18-6-7-39-25(10-18)32-16-34-39/h3-7,10-12,15-17H,1,8-9,13-14H2,2H3,(H,31,33,35)/t17-/m1/s1. The van der Waals surface area contributed by atoms with Crippen LogP contribution < -0.4 is 15.0 Å². The van der Waals surface area contributed by atoms with Crippen molar-refractivity contribution >= 4 is 51.5 Å². The molecule has 5 heterocycles. The molecule has 1 fully saturated rings. The number of nitrogens with one attached hydrogen (secondary N) is 1. The summed E-state index contributed by atoms with van der Waals surface area (Å²) in [7, 11) is 1.60. The second-order valence-electron chi connectivity index (χ2n) is 9.47. The maximum absolute atomic E-state index is 15.3. The SMILES string of the molecule is C=CC(=O)N1CCN(c2ccc3ncnc(Nc4cc(Cl)c(Oc5ccn6ncnc6c5)cc4F)c3n2)C[C@@H]1COC. The van der Waals surface area contributed by atoms with Crippen molar-refractivity contribution in [3.63, 3.8) is 0 Å². The first-order valence-corrected chi connectivity index (χ1v) is 13.3. The van der Waals surface area contributed by atoms with Crippen LogP contribution in [0.5, 0.6) is 11.5 Å². The highest BCUT2D eigenvalue weighted by molar-refractivity contribution is 6.32. The Morgan fingerprint density at radius 1 is 1.19 bits per heavy atom. The molecular formula is C28H25ClFN9O3. The molecule has 1 N–H and O–H groups in total. The molecule has 5 aromatic rings. The van der Waals surface area contributed by atoms with Gasteiger partial charge in [0.25, 0.3) is 0 Å². The Hall–Kier alpha value is -4.88. The number of rotatable bonds is 8. The molecule has 0 spiro atoms. The van der Waals surface area contributed by atoms with E-state index in [1.54, 1.807) is 34.9 Å². The number of methoxy groups -OCH3 is 1. The van der Waals surface area contributed by atoms with Crippen LogP contribution in [-0.4, -0.2) is 79.7 Å². The van der Waals surface area contributed by atoms with Gasteiger partial charge in [-0.05, 0) is 30.3 Å². The zero-order valence-electron chi connectivity index (χ0n) is 22.4. The fraction of sp³-hybridized carbons (Fsp3) is 0.214. The molecule has 1 amide bonds. The van der Waals surface area contributed by atoms with E-state index in [-0.39, 0.29) is 28.4 Å². The summed E-state index contributed by atoms with van der Waals surface area (Å²) in [4.78, 5) is 33.7. The summed E-state index contributed by atoms with van der Waals surface area (Å²) < 4.78 is 28.0. The zero-order valence-corrected chi connectivity index (χ0v) is 23.2.